The van der Waals surface area contributed by atoms with Gasteiger partial charge in [-0.1, -0.05) is 24.3 Å². The van der Waals surface area contributed by atoms with E-state index in [2.05, 4.69) is 0 Å². The molecule has 3 nitrogen and oxygen atoms in total. The summed E-state index contributed by atoms with van der Waals surface area (Å²) in [5, 5.41) is 8.77. The third kappa shape index (κ3) is 3.92. The summed E-state index contributed by atoms with van der Waals surface area (Å²) in [6.45, 7) is 0.121. The van der Waals surface area contributed by atoms with E-state index in [1.54, 1.807) is 36.4 Å². The van der Waals surface area contributed by atoms with Crippen LogP contribution in [-0.4, -0.2) is 5.97 Å². The molecular formula is C16H12FNO2. The second kappa shape index (κ2) is 6.48. The van der Waals surface area contributed by atoms with E-state index in [9.17, 15) is 9.18 Å². The second-order valence-corrected chi connectivity index (χ2v) is 4.28. The van der Waals surface area contributed by atoms with Crippen LogP contribution in [0.25, 0.3) is 0 Å². The molecule has 0 saturated heterocycles. The molecule has 0 fully saturated rings. The fourth-order valence-electron chi connectivity index (χ4n) is 1.71. The molecule has 0 aliphatic carbocycles. The average Bonchev–Trinajstić information content (AvgIpc) is 2.48. The van der Waals surface area contributed by atoms with Crippen LogP contribution in [-0.2, 0) is 22.6 Å². The maximum atomic E-state index is 12.7. The van der Waals surface area contributed by atoms with Gasteiger partial charge in [-0.3, -0.25) is 4.79 Å². The molecule has 0 atom stereocenters. The van der Waals surface area contributed by atoms with Gasteiger partial charge >= 0.3 is 5.97 Å². The van der Waals surface area contributed by atoms with Crippen molar-refractivity contribution in [2.45, 2.75) is 13.0 Å². The molecule has 0 unspecified atom stereocenters. The van der Waals surface area contributed by atoms with Crippen molar-refractivity contribution in [3.05, 3.63) is 71.0 Å². The third-order valence-electron chi connectivity index (χ3n) is 2.72. The Hall–Kier alpha value is -2.67. The van der Waals surface area contributed by atoms with Crippen LogP contribution in [0.2, 0.25) is 0 Å². The first-order valence-electron chi connectivity index (χ1n) is 6.06. The minimum atomic E-state index is -0.390. The Kier molecular flexibility index (Phi) is 4.46. The maximum absolute atomic E-state index is 12.7. The van der Waals surface area contributed by atoms with Crippen molar-refractivity contribution in [1.82, 2.24) is 0 Å². The Labute approximate surface area is 116 Å². The quantitative estimate of drug-likeness (QED) is 0.802. The molecule has 0 radical (unpaired) electrons. The van der Waals surface area contributed by atoms with Crippen LogP contribution < -0.4 is 0 Å². The molecule has 0 spiro atoms. The van der Waals surface area contributed by atoms with Gasteiger partial charge in [0.15, 0.2) is 0 Å². The van der Waals surface area contributed by atoms with Crippen molar-refractivity contribution in [2.75, 3.05) is 0 Å². The molecule has 2 aromatic carbocycles. The van der Waals surface area contributed by atoms with E-state index in [0.717, 1.165) is 5.56 Å². The van der Waals surface area contributed by atoms with Crippen LogP contribution >= 0.6 is 0 Å². The minimum Gasteiger partial charge on any atom is -0.461 e. The number of rotatable bonds is 4. The molecular weight excluding hydrogens is 257 g/mol. The summed E-state index contributed by atoms with van der Waals surface area (Å²) in [4.78, 5) is 11.6. The van der Waals surface area contributed by atoms with Gasteiger partial charge in [0.05, 0.1) is 18.1 Å². The summed E-state index contributed by atoms with van der Waals surface area (Å²) in [5.74, 6) is -0.727. The summed E-state index contributed by atoms with van der Waals surface area (Å²) in [5.41, 5.74) is 1.98. The lowest BCUT2D eigenvalue weighted by Crippen LogP contribution is -2.08. The van der Waals surface area contributed by atoms with Crippen molar-refractivity contribution in [1.29, 1.82) is 5.26 Å². The van der Waals surface area contributed by atoms with Crippen molar-refractivity contribution >= 4 is 5.97 Å². The molecule has 100 valence electrons. The van der Waals surface area contributed by atoms with Crippen molar-refractivity contribution in [3.8, 4) is 6.07 Å². The van der Waals surface area contributed by atoms with Gasteiger partial charge in [0.1, 0.15) is 12.4 Å². The molecule has 0 bridgehead atoms. The molecule has 4 heteroatoms. The van der Waals surface area contributed by atoms with Gasteiger partial charge < -0.3 is 4.74 Å². The van der Waals surface area contributed by atoms with E-state index in [0.29, 0.717) is 11.1 Å². The van der Waals surface area contributed by atoms with E-state index in [1.165, 1.54) is 12.1 Å². The molecule has 0 N–H and O–H groups in total. The van der Waals surface area contributed by atoms with Crippen LogP contribution in [0.5, 0.6) is 0 Å². The van der Waals surface area contributed by atoms with E-state index in [1.807, 2.05) is 6.07 Å². The Balaban J connectivity index is 1.89. The Bertz CT molecular complexity index is 644. The number of esters is 1. The van der Waals surface area contributed by atoms with Crippen LogP contribution in [0.3, 0.4) is 0 Å². The highest BCUT2D eigenvalue weighted by Crippen LogP contribution is 2.08. The fraction of sp³-hybridized carbons (Fsp3) is 0.125. The fourth-order valence-corrected chi connectivity index (χ4v) is 1.71. The van der Waals surface area contributed by atoms with E-state index < -0.39 is 0 Å². The van der Waals surface area contributed by atoms with Crippen LogP contribution in [0.4, 0.5) is 4.39 Å². The molecule has 0 heterocycles. The maximum Gasteiger partial charge on any atom is 0.310 e. The highest BCUT2D eigenvalue weighted by Gasteiger charge is 2.06. The third-order valence-corrected chi connectivity index (χ3v) is 2.72. The monoisotopic (exact) mass is 269 g/mol. The van der Waals surface area contributed by atoms with Gasteiger partial charge in [0, 0.05) is 0 Å². The van der Waals surface area contributed by atoms with Crippen LogP contribution in [0.1, 0.15) is 16.7 Å². The second-order valence-electron chi connectivity index (χ2n) is 4.28. The molecule has 0 aliphatic heterocycles. The zero-order chi connectivity index (χ0) is 14.4. The van der Waals surface area contributed by atoms with Gasteiger partial charge in [0.25, 0.3) is 0 Å². The summed E-state index contributed by atoms with van der Waals surface area (Å²) >= 11 is 0. The van der Waals surface area contributed by atoms with Gasteiger partial charge in [-0.2, -0.15) is 5.26 Å². The molecule has 0 saturated carbocycles. The Morgan fingerprint density at radius 1 is 1.15 bits per heavy atom. The molecule has 2 rings (SSSR count). The Morgan fingerprint density at radius 3 is 2.60 bits per heavy atom. The SMILES string of the molecule is N#Cc1cccc(COC(=O)Cc2ccc(F)cc2)c1. The van der Waals surface area contributed by atoms with E-state index in [-0.39, 0.29) is 24.8 Å². The molecule has 20 heavy (non-hydrogen) atoms. The lowest BCUT2D eigenvalue weighted by Gasteiger charge is -2.05. The average molecular weight is 269 g/mol. The largest absolute Gasteiger partial charge is 0.461 e. The van der Waals surface area contributed by atoms with Gasteiger partial charge in [0.2, 0.25) is 0 Å². The first-order valence-corrected chi connectivity index (χ1v) is 6.06. The topological polar surface area (TPSA) is 50.1 Å². The molecule has 0 aliphatic rings. The molecule has 0 aromatic heterocycles. The van der Waals surface area contributed by atoms with Crippen molar-refractivity contribution < 1.29 is 13.9 Å². The number of hydrogen-bond acceptors (Lipinski definition) is 3. The zero-order valence-corrected chi connectivity index (χ0v) is 10.7. The first kappa shape index (κ1) is 13.8. The smallest absolute Gasteiger partial charge is 0.310 e. The summed E-state index contributed by atoms with van der Waals surface area (Å²) in [6.07, 6.45) is 0.0955. The number of nitrogens with zero attached hydrogens (tertiary/aromatic N) is 1. The Morgan fingerprint density at radius 2 is 1.90 bits per heavy atom. The van der Waals surface area contributed by atoms with Crippen LogP contribution in [0.15, 0.2) is 48.5 Å². The predicted molar refractivity (Wildman–Crippen MR) is 71.1 cm³/mol. The number of ether oxygens (including phenoxy) is 1. The normalized spacial score (nSPS) is 9.80. The lowest BCUT2D eigenvalue weighted by atomic mass is 10.1. The number of halogens is 1. The highest BCUT2D eigenvalue weighted by atomic mass is 19.1. The van der Waals surface area contributed by atoms with Crippen molar-refractivity contribution in [2.24, 2.45) is 0 Å². The van der Waals surface area contributed by atoms with E-state index >= 15 is 0 Å². The minimum absolute atomic E-state index is 0.0955. The predicted octanol–water partition coefficient (Wildman–Crippen LogP) is 2.98. The first-order chi connectivity index (χ1) is 9.67. The number of nitriles is 1. The zero-order valence-electron chi connectivity index (χ0n) is 10.7. The number of benzene rings is 2. The van der Waals surface area contributed by atoms with E-state index in [4.69, 9.17) is 10.00 Å². The van der Waals surface area contributed by atoms with Gasteiger partial charge in [-0.25, -0.2) is 4.39 Å². The van der Waals surface area contributed by atoms with Crippen molar-refractivity contribution in [3.63, 3.8) is 0 Å². The van der Waals surface area contributed by atoms with Gasteiger partial charge in [-0.05, 0) is 35.4 Å². The number of hydrogen-bond donors (Lipinski definition) is 0. The molecule has 0 amide bonds. The highest BCUT2D eigenvalue weighted by molar-refractivity contribution is 5.72. The lowest BCUT2D eigenvalue weighted by molar-refractivity contribution is -0.144. The molecule has 2 aromatic rings. The summed E-state index contributed by atoms with van der Waals surface area (Å²) < 4.78 is 17.8. The number of carbonyl (C=O) groups excluding carboxylic acids is 1. The standard InChI is InChI=1S/C16H12FNO2/c17-15-6-4-12(5-7-15)9-16(19)20-11-14-3-1-2-13(8-14)10-18/h1-8H,9,11H2. The van der Waals surface area contributed by atoms with Crippen LogP contribution in [0, 0.1) is 17.1 Å². The van der Waals surface area contributed by atoms with Gasteiger partial charge in [-0.15, -0.1) is 0 Å². The summed E-state index contributed by atoms with van der Waals surface area (Å²) in [7, 11) is 0. The summed E-state index contributed by atoms with van der Waals surface area (Å²) in [6, 6.07) is 14.6. The number of carbonyl (C=O) groups is 1.